The summed E-state index contributed by atoms with van der Waals surface area (Å²) in [6.07, 6.45) is 4.84. The highest BCUT2D eigenvalue weighted by molar-refractivity contribution is 6.32. The van der Waals surface area contributed by atoms with Gasteiger partial charge in [0.05, 0.1) is 11.6 Å². The molecule has 1 fully saturated rings. The van der Waals surface area contributed by atoms with Crippen molar-refractivity contribution in [3.63, 3.8) is 0 Å². The highest BCUT2D eigenvalue weighted by atomic mass is 35.5. The molecule has 2 nitrogen and oxygen atoms in total. The van der Waals surface area contributed by atoms with Crippen LogP contribution < -0.4 is 10.1 Å². The van der Waals surface area contributed by atoms with Gasteiger partial charge in [0, 0.05) is 11.7 Å². The van der Waals surface area contributed by atoms with Gasteiger partial charge in [-0.05, 0) is 55.7 Å². The molecule has 0 radical (unpaired) electrons. The molecule has 0 aliphatic heterocycles. The van der Waals surface area contributed by atoms with Crippen LogP contribution in [0.25, 0.3) is 0 Å². The summed E-state index contributed by atoms with van der Waals surface area (Å²) in [7, 11) is 0. The number of hydrogen-bond acceptors (Lipinski definition) is 2. The molecule has 0 bridgehead atoms. The quantitative estimate of drug-likeness (QED) is 0.789. The number of nitrogens with one attached hydrogen (secondary N) is 1. The summed E-state index contributed by atoms with van der Waals surface area (Å²) in [5.74, 6) is 2.39. The van der Waals surface area contributed by atoms with Crippen molar-refractivity contribution in [2.45, 2.75) is 52.5 Å². The van der Waals surface area contributed by atoms with Gasteiger partial charge in [-0.1, -0.05) is 32.4 Å². The predicted molar refractivity (Wildman–Crippen MR) is 86.8 cm³/mol. The van der Waals surface area contributed by atoms with Crippen LogP contribution >= 0.6 is 11.6 Å². The number of halogens is 1. The molecule has 0 saturated heterocycles. The average Bonchev–Trinajstić information content (AvgIpc) is 2.36. The second kappa shape index (κ2) is 7.21. The van der Waals surface area contributed by atoms with Gasteiger partial charge < -0.3 is 10.1 Å². The van der Waals surface area contributed by atoms with Gasteiger partial charge in [-0.15, -0.1) is 0 Å². The van der Waals surface area contributed by atoms with E-state index in [2.05, 4.69) is 32.2 Å². The number of hydrogen-bond donors (Lipinski definition) is 1. The lowest BCUT2D eigenvalue weighted by atomic mass is 9.80. The highest BCUT2D eigenvalue weighted by Gasteiger charge is 2.23. The molecule has 112 valence electrons. The molecule has 1 aromatic carbocycles. The Labute approximate surface area is 127 Å². The summed E-state index contributed by atoms with van der Waals surface area (Å²) in [6.45, 7) is 7.50. The minimum Gasteiger partial charge on any atom is -0.492 e. The fourth-order valence-corrected chi connectivity index (χ4v) is 3.46. The second-order valence-corrected chi connectivity index (χ2v) is 6.66. The Morgan fingerprint density at radius 1 is 1.20 bits per heavy atom. The standard InChI is InChI=1S/C17H26ClNO/c1-4-7-20-17-6-5-14(11-16(17)18)19-15-9-12(2)8-13(3)10-15/h5-6,11-13,15,19H,4,7-10H2,1-3H3. The van der Waals surface area contributed by atoms with E-state index in [1.807, 2.05) is 12.1 Å². The third-order valence-electron chi connectivity index (χ3n) is 3.94. The summed E-state index contributed by atoms with van der Waals surface area (Å²) in [4.78, 5) is 0. The molecule has 0 heterocycles. The lowest BCUT2D eigenvalue weighted by Gasteiger charge is -2.32. The Hall–Kier alpha value is -0.890. The van der Waals surface area contributed by atoms with Gasteiger partial charge in [0.2, 0.25) is 0 Å². The van der Waals surface area contributed by atoms with Gasteiger partial charge in [0.15, 0.2) is 0 Å². The topological polar surface area (TPSA) is 21.3 Å². The Bertz CT molecular complexity index is 425. The third kappa shape index (κ3) is 4.31. The minimum absolute atomic E-state index is 0.562. The molecule has 1 aliphatic carbocycles. The molecule has 1 N–H and O–H groups in total. The molecule has 1 saturated carbocycles. The van der Waals surface area contributed by atoms with Crippen molar-refractivity contribution in [3.8, 4) is 5.75 Å². The van der Waals surface area contributed by atoms with E-state index in [-0.39, 0.29) is 0 Å². The SMILES string of the molecule is CCCOc1ccc(NC2CC(C)CC(C)C2)cc1Cl. The second-order valence-electron chi connectivity index (χ2n) is 6.25. The third-order valence-corrected chi connectivity index (χ3v) is 4.24. The van der Waals surface area contributed by atoms with Crippen LogP contribution in [0.2, 0.25) is 5.02 Å². The monoisotopic (exact) mass is 295 g/mol. The lowest BCUT2D eigenvalue weighted by Crippen LogP contribution is -2.30. The fraction of sp³-hybridized carbons (Fsp3) is 0.647. The Balaban J connectivity index is 1.97. The molecule has 3 heteroatoms. The van der Waals surface area contributed by atoms with Gasteiger partial charge in [-0.25, -0.2) is 0 Å². The molecule has 0 aromatic heterocycles. The summed E-state index contributed by atoms with van der Waals surface area (Å²) < 4.78 is 5.61. The van der Waals surface area contributed by atoms with Crippen LogP contribution in [0.1, 0.15) is 46.5 Å². The molecular formula is C17H26ClNO. The Morgan fingerprint density at radius 3 is 2.50 bits per heavy atom. The van der Waals surface area contributed by atoms with E-state index in [4.69, 9.17) is 16.3 Å². The van der Waals surface area contributed by atoms with Crippen LogP contribution in [0.5, 0.6) is 5.75 Å². The summed E-state index contributed by atoms with van der Waals surface area (Å²) in [5.41, 5.74) is 1.10. The van der Waals surface area contributed by atoms with Crippen LogP contribution in [0.15, 0.2) is 18.2 Å². The van der Waals surface area contributed by atoms with Gasteiger partial charge in [0.25, 0.3) is 0 Å². The largest absolute Gasteiger partial charge is 0.492 e. The fourth-order valence-electron chi connectivity index (χ4n) is 3.22. The van der Waals surface area contributed by atoms with Crippen molar-refractivity contribution in [3.05, 3.63) is 23.2 Å². The van der Waals surface area contributed by atoms with Crippen molar-refractivity contribution in [2.75, 3.05) is 11.9 Å². The van der Waals surface area contributed by atoms with E-state index in [0.717, 1.165) is 29.7 Å². The molecular weight excluding hydrogens is 270 g/mol. The van der Waals surface area contributed by atoms with Crippen LogP contribution in [0.3, 0.4) is 0 Å². The van der Waals surface area contributed by atoms with Crippen molar-refractivity contribution >= 4 is 17.3 Å². The smallest absolute Gasteiger partial charge is 0.138 e. The van der Waals surface area contributed by atoms with E-state index < -0.39 is 0 Å². The maximum Gasteiger partial charge on any atom is 0.138 e. The average molecular weight is 296 g/mol. The Morgan fingerprint density at radius 2 is 1.90 bits per heavy atom. The maximum absolute atomic E-state index is 6.28. The molecule has 0 spiro atoms. The number of anilines is 1. The van der Waals surface area contributed by atoms with Crippen LogP contribution in [0.4, 0.5) is 5.69 Å². The van der Waals surface area contributed by atoms with Crippen molar-refractivity contribution in [1.29, 1.82) is 0 Å². The first kappa shape index (κ1) is 15.5. The van der Waals surface area contributed by atoms with E-state index in [0.29, 0.717) is 17.7 Å². The van der Waals surface area contributed by atoms with E-state index in [1.165, 1.54) is 19.3 Å². The van der Waals surface area contributed by atoms with Crippen LogP contribution in [0, 0.1) is 11.8 Å². The van der Waals surface area contributed by atoms with Gasteiger partial charge in [-0.3, -0.25) is 0 Å². The predicted octanol–water partition coefficient (Wildman–Crippen LogP) is 5.37. The van der Waals surface area contributed by atoms with Crippen LogP contribution in [-0.4, -0.2) is 12.6 Å². The van der Waals surface area contributed by atoms with Crippen LogP contribution in [-0.2, 0) is 0 Å². The molecule has 2 unspecified atom stereocenters. The Kier molecular flexibility index (Phi) is 5.59. The minimum atomic E-state index is 0.562. The number of benzene rings is 1. The first-order valence-corrected chi connectivity index (χ1v) is 8.15. The number of ether oxygens (including phenoxy) is 1. The molecule has 0 amide bonds. The van der Waals surface area contributed by atoms with E-state index in [1.54, 1.807) is 0 Å². The first-order valence-electron chi connectivity index (χ1n) is 7.77. The summed E-state index contributed by atoms with van der Waals surface area (Å²) in [5, 5.41) is 4.32. The molecule has 2 rings (SSSR count). The normalized spacial score (nSPS) is 26.3. The zero-order valence-corrected chi connectivity index (χ0v) is 13.5. The lowest BCUT2D eigenvalue weighted by molar-refractivity contribution is 0.281. The maximum atomic E-state index is 6.28. The van der Waals surface area contributed by atoms with Gasteiger partial charge in [0.1, 0.15) is 5.75 Å². The highest BCUT2D eigenvalue weighted by Crippen LogP contribution is 2.32. The summed E-state index contributed by atoms with van der Waals surface area (Å²) in [6, 6.07) is 6.58. The van der Waals surface area contributed by atoms with E-state index in [9.17, 15) is 0 Å². The zero-order chi connectivity index (χ0) is 14.5. The van der Waals surface area contributed by atoms with Crippen molar-refractivity contribution in [2.24, 2.45) is 11.8 Å². The van der Waals surface area contributed by atoms with Crippen molar-refractivity contribution < 1.29 is 4.74 Å². The zero-order valence-electron chi connectivity index (χ0n) is 12.8. The molecule has 1 aliphatic rings. The van der Waals surface area contributed by atoms with E-state index >= 15 is 0 Å². The molecule has 20 heavy (non-hydrogen) atoms. The number of rotatable bonds is 5. The summed E-state index contributed by atoms with van der Waals surface area (Å²) >= 11 is 6.28. The van der Waals surface area contributed by atoms with Gasteiger partial charge >= 0.3 is 0 Å². The van der Waals surface area contributed by atoms with Gasteiger partial charge in [-0.2, -0.15) is 0 Å². The van der Waals surface area contributed by atoms with Crippen molar-refractivity contribution in [1.82, 2.24) is 0 Å². The molecule has 2 atom stereocenters. The first-order chi connectivity index (χ1) is 9.58. The molecule has 1 aromatic rings.